The number of nitrogens with two attached hydrogens (primary N) is 1. The Bertz CT molecular complexity index is 1310. The fraction of sp³-hybridized carbons (Fsp3) is 0.345. The molecule has 224 valence electrons. The van der Waals surface area contributed by atoms with E-state index in [1.165, 1.54) is 4.90 Å². The second-order valence-corrected chi connectivity index (χ2v) is 10.0. The van der Waals surface area contributed by atoms with Crippen molar-refractivity contribution in [3.8, 4) is 0 Å². The van der Waals surface area contributed by atoms with Crippen LogP contribution in [-0.2, 0) is 25.3 Å². The highest BCUT2D eigenvalue weighted by atomic mass is 35.5. The SMILES string of the molecule is Cc1ccc(C[C@@H]2CN(Cc3ccc(N)cc3)CCN2C(=O)c2cc(C(F)(F)F)cc(C(F)(F)F)c2)cc1C.Cl.Cl. The Hall–Kier alpha value is -2.95. The van der Waals surface area contributed by atoms with Crippen molar-refractivity contribution < 1.29 is 31.1 Å². The molecule has 4 rings (SSSR count). The second-order valence-electron chi connectivity index (χ2n) is 10.0. The molecule has 12 heteroatoms. The molecule has 0 bridgehead atoms. The number of alkyl halides is 6. The first-order valence-corrected chi connectivity index (χ1v) is 12.4. The zero-order chi connectivity index (χ0) is 28.5. The van der Waals surface area contributed by atoms with E-state index in [1.807, 2.05) is 44.2 Å². The lowest BCUT2D eigenvalue weighted by Crippen LogP contribution is -2.55. The number of aryl methyl sites for hydroxylation is 2. The highest BCUT2D eigenvalue weighted by Gasteiger charge is 2.39. The van der Waals surface area contributed by atoms with Gasteiger partial charge in [-0.15, -0.1) is 24.8 Å². The molecule has 3 aromatic carbocycles. The number of anilines is 1. The van der Waals surface area contributed by atoms with Gasteiger partial charge in [0.15, 0.2) is 0 Å². The van der Waals surface area contributed by atoms with Gasteiger partial charge in [-0.3, -0.25) is 9.69 Å². The van der Waals surface area contributed by atoms with Crippen LogP contribution in [0.25, 0.3) is 0 Å². The number of carbonyl (C=O) groups excluding carboxylic acids is 1. The van der Waals surface area contributed by atoms with Crippen LogP contribution < -0.4 is 5.73 Å². The summed E-state index contributed by atoms with van der Waals surface area (Å²) in [6.07, 6.45) is -9.67. The molecule has 0 aliphatic carbocycles. The third-order valence-corrected chi connectivity index (χ3v) is 7.09. The summed E-state index contributed by atoms with van der Waals surface area (Å²) in [6, 6.07) is 13.8. The first kappa shape index (κ1) is 34.3. The number of nitrogens with zero attached hydrogens (tertiary/aromatic N) is 2. The van der Waals surface area contributed by atoms with Crippen LogP contribution in [0.4, 0.5) is 32.0 Å². The molecule has 1 saturated heterocycles. The maximum absolute atomic E-state index is 13.5. The maximum Gasteiger partial charge on any atom is 0.416 e. The van der Waals surface area contributed by atoms with Crippen molar-refractivity contribution >= 4 is 36.4 Å². The standard InChI is InChI=1S/C29H29F6N3O.2ClH/c1-18-3-4-21(11-19(18)2)12-26-17-37(16-20-5-7-25(36)8-6-20)9-10-38(26)27(39)22-13-23(28(30,31)32)15-24(14-22)29(33,34)35;;/h3-8,11,13-15,26H,9-10,12,16-17,36H2,1-2H3;2*1H/t26-;;/m1../s1. The zero-order valence-electron chi connectivity index (χ0n) is 22.4. The number of rotatable bonds is 5. The predicted molar refractivity (Wildman–Crippen MR) is 152 cm³/mol. The van der Waals surface area contributed by atoms with Gasteiger partial charge in [0.2, 0.25) is 0 Å². The van der Waals surface area contributed by atoms with Gasteiger partial charge in [-0.25, -0.2) is 0 Å². The highest BCUT2D eigenvalue weighted by Crippen LogP contribution is 2.37. The van der Waals surface area contributed by atoms with Crippen LogP contribution >= 0.6 is 24.8 Å². The highest BCUT2D eigenvalue weighted by molar-refractivity contribution is 5.95. The minimum absolute atomic E-state index is 0. The molecule has 0 unspecified atom stereocenters. The molecule has 0 aromatic heterocycles. The number of carbonyl (C=O) groups is 1. The summed E-state index contributed by atoms with van der Waals surface area (Å²) in [5.41, 5.74) is 6.82. The topological polar surface area (TPSA) is 49.6 Å². The Labute approximate surface area is 247 Å². The van der Waals surface area contributed by atoms with E-state index in [1.54, 1.807) is 12.1 Å². The monoisotopic (exact) mass is 621 g/mol. The largest absolute Gasteiger partial charge is 0.416 e. The van der Waals surface area contributed by atoms with Gasteiger partial charge in [-0.1, -0.05) is 30.3 Å². The van der Waals surface area contributed by atoms with E-state index in [-0.39, 0.29) is 37.4 Å². The molecule has 3 aromatic rings. The Morgan fingerprint density at radius 3 is 1.90 bits per heavy atom. The Kier molecular flexibility index (Phi) is 11.2. The number of piperazine rings is 1. The van der Waals surface area contributed by atoms with Crippen molar-refractivity contribution in [2.75, 3.05) is 25.4 Å². The van der Waals surface area contributed by atoms with Gasteiger partial charge >= 0.3 is 12.4 Å². The molecule has 2 N–H and O–H groups in total. The first-order valence-electron chi connectivity index (χ1n) is 12.4. The van der Waals surface area contributed by atoms with Gasteiger partial charge in [-0.2, -0.15) is 26.3 Å². The summed E-state index contributed by atoms with van der Waals surface area (Å²) in [5.74, 6) is -0.854. The minimum Gasteiger partial charge on any atom is -0.399 e. The van der Waals surface area contributed by atoms with Gasteiger partial charge in [0.1, 0.15) is 0 Å². The van der Waals surface area contributed by atoms with Crippen LogP contribution in [0.2, 0.25) is 0 Å². The molecular formula is C29H31Cl2F6N3O. The van der Waals surface area contributed by atoms with Crippen molar-refractivity contribution in [3.05, 3.63) is 99.6 Å². The number of amides is 1. The van der Waals surface area contributed by atoms with Gasteiger partial charge < -0.3 is 10.6 Å². The van der Waals surface area contributed by atoms with Crippen molar-refractivity contribution in [2.45, 2.75) is 45.2 Å². The Morgan fingerprint density at radius 1 is 0.805 bits per heavy atom. The summed E-state index contributed by atoms with van der Waals surface area (Å²) in [4.78, 5) is 17.1. The second kappa shape index (κ2) is 13.4. The molecule has 1 atom stereocenters. The summed E-state index contributed by atoms with van der Waals surface area (Å²) in [5, 5.41) is 0. The summed E-state index contributed by atoms with van der Waals surface area (Å²) in [6.45, 7) is 5.44. The van der Waals surface area contributed by atoms with Crippen LogP contribution in [0.15, 0.2) is 60.7 Å². The van der Waals surface area contributed by atoms with Gasteiger partial charge in [0, 0.05) is 43.5 Å². The molecule has 1 amide bonds. The normalized spacial score (nSPS) is 16.1. The lowest BCUT2D eigenvalue weighted by atomic mass is 9.97. The molecule has 1 heterocycles. The molecule has 4 nitrogen and oxygen atoms in total. The van der Waals surface area contributed by atoms with Crippen LogP contribution in [0.3, 0.4) is 0 Å². The van der Waals surface area contributed by atoms with Crippen molar-refractivity contribution in [1.29, 1.82) is 0 Å². The smallest absolute Gasteiger partial charge is 0.399 e. The van der Waals surface area contributed by atoms with Crippen molar-refractivity contribution in [1.82, 2.24) is 9.80 Å². The molecule has 0 saturated carbocycles. The van der Waals surface area contributed by atoms with Gasteiger partial charge in [0.25, 0.3) is 5.91 Å². The maximum atomic E-state index is 13.5. The molecule has 1 fully saturated rings. The number of hydrogen-bond donors (Lipinski definition) is 1. The lowest BCUT2D eigenvalue weighted by molar-refractivity contribution is -0.143. The predicted octanol–water partition coefficient (Wildman–Crippen LogP) is 7.34. The van der Waals surface area contributed by atoms with Crippen molar-refractivity contribution in [3.63, 3.8) is 0 Å². The van der Waals surface area contributed by atoms with E-state index in [2.05, 4.69) is 4.90 Å². The summed E-state index contributed by atoms with van der Waals surface area (Å²) in [7, 11) is 0. The number of halogens is 8. The fourth-order valence-corrected chi connectivity index (χ4v) is 4.83. The van der Waals surface area contributed by atoms with Crippen LogP contribution in [0, 0.1) is 13.8 Å². The van der Waals surface area contributed by atoms with Gasteiger partial charge in [-0.05, 0) is 72.9 Å². The van der Waals surface area contributed by atoms with Gasteiger partial charge in [0.05, 0.1) is 11.1 Å². The molecule has 0 spiro atoms. The number of hydrogen-bond acceptors (Lipinski definition) is 3. The summed E-state index contributed by atoms with van der Waals surface area (Å²) >= 11 is 0. The van der Waals surface area contributed by atoms with Crippen LogP contribution in [0.5, 0.6) is 0 Å². The van der Waals surface area contributed by atoms with Crippen LogP contribution in [-0.4, -0.2) is 41.4 Å². The third-order valence-electron chi connectivity index (χ3n) is 7.09. The number of nitrogen functional groups attached to an aromatic ring is 1. The van der Waals surface area contributed by atoms with Crippen LogP contribution in [0.1, 0.15) is 43.7 Å². The average Bonchev–Trinajstić information content (AvgIpc) is 2.86. The Morgan fingerprint density at radius 2 is 1.37 bits per heavy atom. The van der Waals surface area contributed by atoms with Crippen molar-refractivity contribution in [2.24, 2.45) is 0 Å². The Balaban J connectivity index is 0.00000294. The molecule has 0 radical (unpaired) electrons. The molecular weight excluding hydrogens is 591 g/mol. The van der Waals surface area contributed by atoms with E-state index < -0.39 is 41.0 Å². The quantitative estimate of drug-likeness (QED) is 0.240. The van der Waals surface area contributed by atoms with E-state index in [9.17, 15) is 31.1 Å². The first-order chi connectivity index (χ1) is 18.2. The fourth-order valence-electron chi connectivity index (χ4n) is 4.83. The zero-order valence-corrected chi connectivity index (χ0v) is 24.0. The minimum atomic E-state index is -5.03. The van der Waals surface area contributed by atoms with E-state index in [4.69, 9.17) is 5.73 Å². The number of benzene rings is 3. The third kappa shape index (κ3) is 8.53. The molecule has 1 aliphatic heterocycles. The lowest BCUT2D eigenvalue weighted by Gasteiger charge is -2.42. The average molecular weight is 622 g/mol. The molecule has 1 aliphatic rings. The van der Waals surface area contributed by atoms with E-state index >= 15 is 0 Å². The molecule has 41 heavy (non-hydrogen) atoms. The van der Waals surface area contributed by atoms with E-state index in [0.29, 0.717) is 43.9 Å². The summed E-state index contributed by atoms with van der Waals surface area (Å²) < 4.78 is 80.7. The van der Waals surface area contributed by atoms with E-state index in [0.717, 1.165) is 22.3 Å².